The Kier molecular flexibility index (Phi) is 6.72. The van der Waals surface area contributed by atoms with Gasteiger partial charge in [0, 0.05) is 6.04 Å². The average molecular weight is 264 g/mol. The molecule has 0 aliphatic heterocycles. The molecule has 0 spiro atoms. The van der Waals surface area contributed by atoms with Crippen molar-refractivity contribution >= 4 is 18.4 Å². The zero-order chi connectivity index (χ0) is 12.1. The fourth-order valence-corrected chi connectivity index (χ4v) is 1.30. The number of rotatable bonds is 4. The number of methoxy groups -OCH3 is 1. The second kappa shape index (κ2) is 7.21. The van der Waals surface area contributed by atoms with Gasteiger partial charge in [0.15, 0.2) is 6.10 Å². The molecule has 0 aliphatic rings. The lowest BCUT2D eigenvalue weighted by atomic mass is 10.0. The number of esters is 1. The molecule has 6 heteroatoms. The molecule has 2 unspecified atom stereocenters. The Morgan fingerprint density at radius 1 is 1.47 bits per heavy atom. The molecule has 4 nitrogen and oxygen atoms in total. The third kappa shape index (κ3) is 4.68. The van der Waals surface area contributed by atoms with Crippen LogP contribution in [0.4, 0.5) is 4.39 Å². The van der Waals surface area contributed by atoms with E-state index in [0.717, 1.165) is 5.56 Å². The van der Waals surface area contributed by atoms with Gasteiger partial charge in [-0.05, 0) is 24.1 Å². The SMILES string of the molecule is COC(=O)C(O)C(N)Cc1ccc(F)cc1.Cl. The van der Waals surface area contributed by atoms with E-state index in [9.17, 15) is 14.3 Å². The summed E-state index contributed by atoms with van der Waals surface area (Å²) in [4.78, 5) is 11.0. The largest absolute Gasteiger partial charge is 0.467 e. The van der Waals surface area contributed by atoms with Crippen LogP contribution in [0.25, 0.3) is 0 Å². The molecule has 96 valence electrons. The summed E-state index contributed by atoms with van der Waals surface area (Å²) in [7, 11) is 1.18. The second-order valence-electron chi connectivity index (χ2n) is 3.46. The van der Waals surface area contributed by atoms with E-state index in [0.29, 0.717) is 0 Å². The Balaban J connectivity index is 0.00000256. The van der Waals surface area contributed by atoms with E-state index in [1.165, 1.54) is 19.2 Å². The van der Waals surface area contributed by atoms with Crippen molar-refractivity contribution in [1.82, 2.24) is 0 Å². The normalized spacial score (nSPS) is 13.4. The van der Waals surface area contributed by atoms with E-state index in [1.807, 2.05) is 0 Å². The minimum Gasteiger partial charge on any atom is -0.467 e. The van der Waals surface area contributed by atoms with Crippen LogP contribution in [0.1, 0.15) is 5.56 Å². The average Bonchev–Trinajstić information content (AvgIpc) is 2.30. The molecule has 1 aromatic rings. The Labute approximate surface area is 105 Å². The number of hydrogen-bond donors (Lipinski definition) is 2. The molecule has 3 N–H and O–H groups in total. The Morgan fingerprint density at radius 2 is 2.00 bits per heavy atom. The van der Waals surface area contributed by atoms with Crippen LogP contribution in [-0.2, 0) is 16.0 Å². The van der Waals surface area contributed by atoms with Crippen LogP contribution in [0.5, 0.6) is 0 Å². The first kappa shape index (κ1) is 15.8. The predicted octanol–water partition coefficient (Wildman–Crippen LogP) is 0.651. The first-order valence-electron chi connectivity index (χ1n) is 4.80. The van der Waals surface area contributed by atoms with Crippen LogP contribution >= 0.6 is 12.4 Å². The number of benzene rings is 1. The van der Waals surface area contributed by atoms with E-state index < -0.39 is 18.1 Å². The molecule has 17 heavy (non-hydrogen) atoms. The van der Waals surface area contributed by atoms with Crippen LogP contribution < -0.4 is 5.73 Å². The van der Waals surface area contributed by atoms with Crippen molar-refractivity contribution in [3.63, 3.8) is 0 Å². The van der Waals surface area contributed by atoms with Gasteiger partial charge in [0.05, 0.1) is 7.11 Å². The molecule has 0 aliphatic carbocycles. The minimum atomic E-state index is -1.37. The summed E-state index contributed by atoms with van der Waals surface area (Å²) < 4.78 is 17.0. The Bertz CT molecular complexity index is 358. The van der Waals surface area contributed by atoms with Crippen LogP contribution in [0.15, 0.2) is 24.3 Å². The summed E-state index contributed by atoms with van der Waals surface area (Å²) in [6.07, 6.45) is -1.09. The molecular formula is C11H15ClFNO3. The van der Waals surface area contributed by atoms with Gasteiger partial charge < -0.3 is 15.6 Å². The van der Waals surface area contributed by atoms with Crippen molar-refractivity contribution in [2.45, 2.75) is 18.6 Å². The highest BCUT2D eigenvalue weighted by Gasteiger charge is 2.23. The fraction of sp³-hybridized carbons (Fsp3) is 0.364. The lowest BCUT2D eigenvalue weighted by Gasteiger charge is -2.16. The molecule has 1 aromatic carbocycles. The number of carbonyl (C=O) groups excluding carboxylic acids is 1. The van der Waals surface area contributed by atoms with E-state index in [-0.39, 0.29) is 24.6 Å². The lowest BCUT2D eigenvalue weighted by Crippen LogP contribution is -2.42. The highest BCUT2D eigenvalue weighted by atomic mass is 35.5. The highest BCUT2D eigenvalue weighted by Crippen LogP contribution is 2.07. The quantitative estimate of drug-likeness (QED) is 0.783. The minimum absolute atomic E-state index is 0. The van der Waals surface area contributed by atoms with Crippen LogP contribution in [0.2, 0.25) is 0 Å². The number of nitrogens with two attached hydrogens (primary N) is 1. The second-order valence-corrected chi connectivity index (χ2v) is 3.46. The van der Waals surface area contributed by atoms with Crippen LogP contribution in [0, 0.1) is 5.82 Å². The topological polar surface area (TPSA) is 72.5 Å². The van der Waals surface area contributed by atoms with Gasteiger partial charge in [0.25, 0.3) is 0 Å². The number of halogens is 2. The molecule has 0 radical (unpaired) electrons. The van der Waals surface area contributed by atoms with Crippen LogP contribution in [0.3, 0.4) is 0 Å². The molecule has 0 fully saturated rings. The molecule has 0 saturated heterocycles. The fourth-order valence-electron chi connectivity index (χ4n) is 1.30. The summed E-state index contributed by atoms with van der Waals surface area (Å²) in [5.41, 5.74) is 6.37. The lowest BCUT2D eigenvalue weighted by molar-refractivity contribution is -0.151. The Morgan fingerprint density at radius 3 is 2.47 bits per heavy atom. The Hall–Kier alpha value is -1.17. The summed E-state index contributed by atoms with van der Waals surface area (Å²) in [5, 5.41) is 9.43. The van der Waals surface area contributed by atoms with Gasteiger partial charge in [0.2, 0.25) is 0 Å². The van der Waals surface area contributed by atoms with Crippen molar-refractivity contribution in [1.29, 1.82) is 0 Å². The van der Waals surface area contributed by atoms with E-state index in [4.69, 9.17) is 5.73 Å². The summed E-state index contributed by atoms with van der Waals surface area (Å²) in [6.45, 7) is 0. The van der Waals surface area contributed by atoms with Gasteiger partial charge in [-0.1, -0.05) is 12.1 Å². The van der Waals surface area contributed by atoms with Crippen molar-refractivity contribution in [3.05, 3.63) is 35.6 Å². The molecule has 0 amide bonds. The zero-order valence-corrected chi connectivity index (χ0v) is 10.1. The number of aliphatic hydroxyl groups is 1. The maximum Gasteiger partial charge on any atom is 0.336 e. The van der Waals surface area contributed by atoms with Gasteiger partial charge in [-0.3, -0.25) is 0 Å². The van der Waals surface area contributed by atoms with E-state index >= 15 is 0 Å². The van der Waals surface area contributed by atoms with Crippen molar-refractivity contribution < 1.29 is 19.0 Å². The summed E-state index contributed by atoms with van der Waals surface area (Å²) in [5.74, 6) is -1.11. The van der Waals surface area contributed by atoms with Gasteiger partial charge >= 0.3 is 5.97 Å². The van der Waals surface area contributed by atoms with Gasteiger partial charge in [-0.25, -0.2) is 9.18 Å². The summed E-state index contributed by atoms with van der Waals surface area (Å²) >= 11 is 0. The molecule has 1 rings (SSSR count). The first-order chi connectivity index (χ1) is 7.54. The molecule has 0 aromatic heterocycles. The predicted molar refractivity (Wildman–Crippen MR) is 63.4 cm³/mol. The molecule has 0 saturated carbocycles. The third-order valence-electron chi connectivity index (χ3n) is 2.23. The number of aliphatic hydroxyl groups excluding tert-OH is 1. The molecule has 0 heterocycles. The van der Waals surface area contributed by atoms with Gasteiger partial charge in [-0.2, -0.15) is 0 Å². The first-order valence-corrected chi connectivity index (χ1v) is 4.80. The van der Waals surface area contributed by atoms with E-state index in [2.05, 4.69) is 4.74 Å². The number of ether oxygens (including phenoxy) is 1. The highest BCUT2D eigenvalue weighted by molar-refractivity contribution is 5.85. The maximum absolute atomic E-state index is 12.6. The molecule has 2 atom stereocenters. The standard InChI is InChI=1S/C11H14FNO3.ClH/c1-16-11(15)10(14)9(13)6-7-2-4-8(12)5-3-7;/h2-5,9-10,14H,6,13H2,1H3;1H. The summed E-state index contributed by atoms with van der Waals surface area (Å²) in [6, 6.07) is 4.94. The maximum atomic E-state index is 12.6. The third-order valence-corrected chi connectivity index (χ3v) is 2.23. The zero-order valence-electron chi connectivity index (χ0n) is 9.30. The van der Waals surface area contributed by atoms with Gasteiger partial charge in [-0.15, -0.1) is 12.4 Å². The number of carbonyl (C=O) groups is 1. The monoisotopic (exact) mass is 263 g/mol. The van der Waals surface area contributed by atoms with Crippen LogP contribution in [-0.4, -0.2) is 30.3 Å². The van der Waals surface area contributed by atoms with Gasteiger partial charge in [0.1, 0.15) is 5.82 Å². The van der Waals surface area contributed by atoms with Crippen molar-refractivity contribution in [2.75, 3.05) is 7.11 Å². The van der Waals surface area contributed by atoms with Crippen molar-refractivity contribution in [2.24, 2.45) is 5.73 Å². The van der Waals surface area contributed by atoms with Crippen molar-refractivity contribution in [3.8, 4) is 0 Å². The molecule has 0 bridgehead atoms. The number of hydrogen-bond acceptors (Lipinski definition) is 4. The van der Waals surface area contributed by atoms with E-state index in [1.54, 1.807) is 12.1 Å². The molecular weight excluding hydrogens is 249 g/mol. The smallest absolute Gasteiger partial charge is 0.336 e.